The summed E-state index contributed by atoms with van der Waals surface area (Å²) in [6.07, 6.45) is 12.3. The number of hydrogen-bond donors (Lipinski definition) is 0. The zero-order chi connectivity index (χ0) is 14.4. The maximum absolute atomic E-state index is 5.88. The van der Waals surface area contributed by atoms with Crippen LogP contribution in [0.15, 0.2) is 0 Å². The molecule has 2 aliphatic rings. The van der Waals surface area contributed by atoms with Crippen LogP contribution in [0.25, 0.3) is 0 Å². The quantitative estimate of drug-likeness (QED) is 0.626. The lowest BCUT2D eigenvalue weighted by Gasteiger charge is -2.45. The van der Waals surface area contributed by atoms with E-state index >= 15 is 0 Å². The van der Waals surface area contributed by atoms with Crippen molar-refractivity contribution < 1.29 is 9.47 Å². The number of ether oxygens (including phenoxy) is 2. The Labute approximate surface area is 125 Å². The monoisotopic (exact) mass is 282 g/mol. The van der Waals surface area contributed by atoms with Gasteiger partial charge >= 0.3 is 0 Å². The van der Waals surface area contributed by atoms with Gasteiger partial charge in [0.1, 0.15) is 0 Å². The standard InChI is InChI=1S/C18H34O2/c1-4-6-7-8-15-9-11-16(12-10-15)18(3)13-19-17(5-2)20-14-18/h15-17H,4-14H2,1-3H3/t15?,16?,17-,18+. The molecule has 2 rings (SSSR count). The summed E-state index contributed by atoms with van der Waals surface area (Å²) in [5, 5.41) is 0. The van der Waals surface area contributed by atoms with Gasteiger partial charge in [-0.05, 0) is 31.1 Å². The Morgan fingerprint density at radius 1 is 0.950 bits per heavy atom. The van der Waals surface area contributed by atoms with E-state index in [1.165, 1.54) is 51.4 Å². The molecular formula is C18H34O2. The summed E-state index contributed by atoms with van der Waals surface area (Å²) in [4.78, 5) is 0. The van der Waals surface area contributed by atoms with E-state index in [-0.39, 0.29) is 11.7 Å². The van der Waals surface area contributed by atoms with Gasteiger partial charge in [0.25, 0.3) is 0 Å². The van der Waals surface area contributed by atoms with E-state index < -0.39 is 0 Å². The average molecular weight is 282 g/mol. The molecule has 0 amide bonds. The van der Waals surface area contributed by atoms with E-state index in [0.717, 1.165) is 31.5 Å². The minimum absolute atomic E-state index is 0.0495. The first-order valence-corrected chi connectivity index (χ1v) is 8.91. The van der Waals surface area contributed by atoms with Crippen LogP contribution in [-0.4, -0.2) is 19.5 Å². The van der Waals surface area contributed by atoms with Crippen LogP contribution in [0.1, 0.15) is 78.6 Å². The molecule has 118 valence electrons. The second kappa shape index (κ2) is 7.79. The van der Waals surface area contributed by atoms with Crippen molar-refractivity contribution in [2.24, 2.45) is 17.3 Å². The zero-order valence-corrected chi connectivity index (χ0v) is 13.8. The minimum Gasteiger partial charge on any atom is -0.352 e. The summed E-state index contributed by atoms with van der Waals surface area (Å²) in [6.45, 7) is 8.60. The fraction of sp³-hybridized carbons (Fsp3) is 1.00. The molecule has 0 spiro atoms. The second-order valence-corrected chi connectivity index (χ2v) is 7.33. The van der Waals surface area contributed by atoms with Gasteiger partial charge in [-0.2, -0.15) is 0 Å². The predicted molar refractivity (Wildman–Crippen MR) is 83.7 cm³/mol. The topological polar surface area (TPSA) is 18.5 Å². The van der Waals surface area contributed by atoms with Crippen molar-refractivity contribution in [1.29, 1.82) is 0 Å². The van der Waals surface area contributed by atoms with E-state index in [4.69, 9.17) is 9.47 Å². The highest BCUT2D eigenvalue weighted by Crippen LogP contribution is 2.43. The van der Waals surface area contributed by atoms with Gasteiger partial charge in [0, 0.05) is 5.41 Å². The minimum atomic E-state index is 0.0495. The fourth-order valence-corrected chi connectivity index (χ4v) is 3.96. The first-order valence-electron chi connectivity index (χ1n) is 8.91. The number of rotatable bonds is 6. The fourth-order valence-electron chi connectivity index (χ4n) is 3.96. The highest BCUT2D eigenvalue weighted by Gasteiger charge is 2.40. The molecule has 0 aromatic rings. The molecule has 0 unspecified atom stereocenters. The molecule has 1 aliphatic heterocycles. The van der Waals surface area contributed by atoms with Crippen LogP contribution < -0.4 is 0 Å². The molecule has 1 aliphatic carbocycles. The Kier molecular flexibility index (Phi) is 6.35. The highest BCUT2D eigenvalue weighted by atomic mass is 16.7. The first-order chi connectivity index (χ1) is 9.68. The van der Waals surface area contributed by atoms with Crippen molar-refractivity contribution in [2.75, 3.05) is 13.2 Å². The van der Waals surface area contributed by atoms with Gasteiger partial charge in [-0.25, -0.2) is 0 Å². The van der Waals surface area contributed by atoms with Crippen LogP contribution in [0, 0.1) is 17.3 Å². The van der Waals surface area contributed by atoms with Crippen molar-refractivity contribution in [3.05, 3.63) is 0 Å². The van der Waals surface area contributed by atoms with Crippen LogP contribution in [0.2, 0.25) is 0 Å². The third-order valence-electron chi connectivity index (χ3n) is 5.58. The van der Waals surface area contributed by atoms with Gasteiger partial charge in [0.05, 0.1) is 13.2 Å². The van der Waals surface area contributed by atoms with Crippen molar-refractivity contribution in [3.8, 4) is 0 Å². The van der Waals surface area contributed by atoms with E-state index in [0.29, 0.717) is 0 Å². The van der Waals surface area contributed by atoms with E-state index in [1.54, 1.807) is 0 Å². The Hall–Kier alpha value is -0.0800. The first kappa shape index (κ1) is 16.3. The largest absolute Gasteiger partial charge is 0.352 e. The summed E-state index contributed by atoms with van der Waals surface area (Å²) < 4.78 is 11.8. The Morgan fingerprint density at radius 3 is 2.15 bits per heavy atom. The molecule has 1 saturated heterocycles. The molecule has 2 nitrogen and oxygen atoms in total. The molecule has 2 fully saturated rings. The zero-order valence-electron chi connectivity index (χ0n) is 13.8. The SMILES string of the molecule is CCCCCC1CCC([C@]2(C)CO[C@H](CC)OC2)CC1. The summed E-state index contributed by atoms with van der Waals surface area (Å²) in [5.41, 5.74) is 0.264. The van der Waals surface area contributed by atoms with Gasteiger partial charge < -0.3 is 9.47 Å². The molecule has 0 bridgehead atoms. The summed E-state index contributed by atoms with van der Waals surface area (Å²) in [6, 6.07) is 0. The molecule has 20 heavy (non-hydrogen) atoms. The summed E-state index contributed by atoms with van der Waals surface area (Å²) in [7, 11) is 0. The van der Waals surface area contributed by atoms with E-state index in [1.807, 2.05) is 0 Å². The Morgan fingerprint density at radius 2 is 1.60 bits per heavy atom. The molecule has 1 heterocycles. The number of unbranched alkanes of at least 4 members (excludes halogenated alkanes) is 2. The summed E-state index contributed by atoms with van der Waals surface area (Å²) >= 11 is 0. The maximum Gasteiger partial charge on any atom is 0.157 e. The Bertz CT molecular complexity index is 261. The molecule has 1 saturated carbocycles. The third-order valence-corrected chi connectivity index (χ3v) is 5.58. The lowest BCUT2D eigenvalue weighted by Crippen LogP contribution is -2.45. The average Bonchev–Trinajstić information content (AvgIpc) is 2.49. The van der Waals surface area contributed by atoms with Crippen LogP contribution in [0.3, 0.4) is 0 Å². The smallest absolute Gasteiger partial charge is 0.157 e. The lowest BCUT2D eigenvalue weighted by molar-refractivity contribution is -0.239. The van der Waals surface area contributed by atoms with E-state index in [2.05, 4.69) is 20.8 Å². The maximum atomic E-state index is 5.88. The summed E-state index contributed by atoms with van der Waals surface area (Å²) in [5.74, 6) is 1.80. The molecule has 0 aromatic carbocycles. The normalized spacial score (nSPS) is 38.9. The molecule has 0 atom stereocenters. The molecule has 0 aromatic heterocycles. The molecule has 0 N–H and O–H groups in total. The van der Waals surface area contributed by atoms with Gasteiger partial charge in [0.2, 0.25) is 0 Å². The van der Waals surface area contributed by atoms with Crippen LogP contribution in [0.5, 0.6) is 0 Å². The molecular weight excluding hydrogens is 248 g/mol. The predicted octanol–water partition coefficient (Wildman–Crippen LogP) is 5.16. The van der Waals surface area contributed by atoms with Gasteiger partial charge in [-0.15, -0.1) is 0 Å². The van der Waals surface area contributed by atoms with Crippen molar-refractivity contribution in [1.82, 2.24) is 0 Å². The number of hydrogen-bond acceptors (Lipinski definition) is 2. The van der Waals surface area contributed by atoms with Crippen molar-refractivity contribution in [3.63, 3.8) is 0 Å². The Balaban J connectivity index is 1.73. The third kappa shape index (κ3) is 4.21. The van der Waals surface area contributed by atoms with Gasteiger partial charge in [-0.1, -0.05) is 59.3 Å². The van der Waals surface area contributed by atoms with Crippen molar-refractivity contribution >= 4 is 0 Å². The molecule has 0 radical (unpaired) electrons. The van der Waals surface area contributed by atoms with Crippen LogP contribution in [0.4, 0.5) is 0 Å². The van der Waals surface area contributed by atoms with Crippen LogP contribution >= 0.6 is 0 Å². The van der Waals surface area contributed by atoms with Gasteiger partial charge in [-0.3, -0.25) is 0 Å². The lowest BCUT2D eigenvalue weighted by atomic mass is 9.67. The highest BCUT2D eigenvalue weighted by molar-refractivity contribution is 4.88. The van der Waals surface area contributed by atoms with Crippen LogP contribution in [-0.2, 0) is 9.47 Å². The van der Waals surface area contributed by atoms with Gasteiger partial charge in [0.15, 0.2) is 6.29 Å². The van der Waals surface area contributed by atoms with Crippen molar-refractivity contribution in [2.45, 2.75) is 84.8 Å². The second-order valence-electron chi connectivity index (χ2n) is 7.33. The molecule has 2 heteroatoms. The van der Waals surface area contributed by atoms with E-state index in [9.17, 15) is 0 Å².